The number of hydrogen-bond donors (Lipinski definition) is 0. The zero-order chi connectivity index (χ0) is 22.2. The molecule has 3 rings (SSSR count). The molecule has 3 aliphatic rings. The van der Waals surface area contributed by atoms with Crippen LogP contribution in [-0.2, 0) is 4.74 Å². The van der Waals surface area contributed by atoms with Gasteiger partial charge in [0, 0.05) is 0 Å². The maximum absolute atomic E-state index is 15.1. The number of ether oxygens (including phenoxy) is 1. The van der Waals surface area contributed by atoms with Gasteiger partial charge in [-0.3, -0.25) is 0 Å². The van der Waals surface area contributed by atoms with Crippen LogP contribution in [0.1, 0.15) is 124 Å². The maximum atomic E-state index is 15.1. The average molecular weight is 441 g/mol. The van der Waals surface area contributed by atoms with Gasteiger partial charge in [-0.2, -0.15) is 0 Å². The molecule has 0 bridgehead atoms. The molecule has 4 unspecified atom stereocenters. The SMILES string of the molecule is CCCCCC(C)OC1CC[C@@H](C2CCC(C3CCC(CCC)CC3)CC2)C(F)C1F. The van der Waals surface area contributed by atoms with E-state index in [1.165, 1.54) is 64.2 Å². The molecule has 3 heteroatoms. The standard InChI is InChI=1S/C28H50F2O/c1-4-6-7-9-20(3)31-26-19-18-25(27(29)28(26)30)24-16-14-23(15-17-24)22-12-10-21(8-5-2)11-13-22/h20-28H,4-19H2,1-3H3/t20?,21?,22?,23?,24?,25-,26?,27?,28?/m0/s1. The van der Waals surface area contributed by atoms with Gasteiger partial charge in [-0.1, -0.05) is 58.8 Å². The Balaban J connectivity index is 1.40. The fourth-order valence-electron chi connectivity index (χ4n) is 7.20. The van der Waals surface area contributed by atoms with Gasteiger partial charge in [0.05, 0.1) is 12.2 Å². The van der Waals surface area contributed by atoms with Crippen LogP contribution in [0.4, 0.5) is 8.78 Å². The molecular weight excluding hydrogens is 390 g/mol. The molecule has 3 aliphatic carbocycles. The van der Waals surface area contributed by atoms with E-state index in [4.69, 9.17) is 4.74 Å². The minimum absolute atomic E-state index is 0.0430. The van der Waals surface area contributed by atoms with Crippen molar-refractivity contribution >= 4 is 0 Å². The van der Waals surface area contributed by atoms with Crippen molar-refractivity contribution in [1.82, 2.24) is 0 Å². The van der Waals surface area contributed by atoms with Crippen LogP contribution >= 0.6 is 0 Å². The van der Waals surface area contributed by atoms with E-state index in [0.717, 1.165) is 49.9 Å². The van der Waals surface area contributed by atoms with Gasteiger partial charge in [-0.15, -0.1) is 0 Å². The largest absolute Gasteiger partial charge is 0.372 e. The summed E-state index contributed by atoms with van der Waals surface area (Å²) in [6.45, 7) is 6.52. The molecule has 0 heterocycles. The Kier molecular flexibility index (Phi) is 10.6. The number of hydrogen-bond acceptors (Lipinski definition) is 1. The van der Waals surface area contributed by atoms with Crippen molar-refractivity contribution in [1.29, 1.82) is 0 Å². The molecule has 0 amide bonds. The molecule has 0 aliphatic heterocycles. The van der Waals surface area contributed by atoms with Crippen LogP contribution in [0.25, 0.3) is 0 Å². The van der Waals surface area contributed by atoms with Crippen molar-refractivity contribution in [2.24, 2.45) is 29.6 Å². The molecule has 3 saturated carbocycles. The molecule has 5 atom stereocenters. The summed E-state index contributed by atoms with van der Waals surface area (Å²) in [7, 11) is 0. The average Bonchev–Trinajstić information content (AvgIpc) is 2.78. The van der Waals surface area contributed by atoms with Crippen LogP contribution in [0.2, 0.25) is 0 Å². The number of alkyl halides is 2. The van der Waals surface area contributed by atoms with E-state index in [1.54, 1.807) is 0 Å². The lowest BCUT2D eigenvalue weighted by molar-refractivity contribution is -0.112. The third kappa shape index (κ3) is 7.15. The molecule has 3 fully saturated rings. The first-order valence-corrected chi connectivity index (χ1v) is 14.0. The molecular formula is C28H50F2O. The molecule has 0 aromatic heterocycles. The summed E-state index contributed by atoms with van der Waals surface area (Å²) in [6.07, 6.45) is 15.9. The Hall–Kier alpha value is -0.180. The topological polar surface area (TPSA) is 9.23 Å². The molecule has 0 aromatic rings. The van der Waals surface area contributed by atoms with E-state index in [2.05, 4.69) is 13.8 Å². The molecule has 1 nitrogen and oxygen atoms in total. The first-order valence-electron chi connectivity index (χ1n) is 14.0. The summed E-state index contributed by atoms with van der Waals surface area (Å²) in [6, 6.07) is 0. The van der Waals surface area contributed by atoms with Crippen molar-refractivity contribution in [3.05, 3.63) is 0 Å². The first kappa shape index (κ1) is 25.4. The minimum atomic E-state index is -1.43. The van der Waals surface area contributed by atoms with Gasteiger partial charge in [0.2, 0.25) is 0 Å². The van der Waals surface area contributed by atoms with Gasteiger partial charge < -0.3 is 4.74 Å². The Morgan fingerprint density at radius 3 is 1.94 bits per heavy atom. The quantitative estimate of drug-likeness (QED) is 0.308. The number of unbranched alkanes of at least 4 members (excludes halogenated alkanes) is 2. The van der Waals surface area contributed by atoms with Crippen molar-refractivity contribution in [3.63, 3.8) is 0 Å². The number of halogens is 2. The zero-order valence-electron chi connectivity index (χ0n) is 20.7. The normalized spacial score (nSPS) is 40.5. The van der Waals surface area contributed by atoms with E-state index in [-0.39, 0.29) is 12.0 Å². The Morgan fingerprint density at radius 1 is 0.710 bits per heavy atom. The Bertz CT molecular complexity index is 481. The molecule has 0 saturated heterocycles. The van der Waals surface area contributed by atoms with Crippen LogP contribution in [0.15, 0.2) is 0 Å². The molecule has 0 spiro atoms. The van der Waals surface area contributed by atoms with Crippen molar-refractivity contribution < 1.29 is 13.5 Å². The van der Waals surface area contributed by atoms with Crippen LogP contribution < -0.4 is 0 Å². The van der Waals surface area contributed by atoms with E-state index in [1.807, 2.05) is 6.92 Å². The van der Waals surface area contributed by atoms with Crippen LogP contribution in [0.3, 0.4) is 0 Å². The third-order valence-corrected chi connectivity index (χ3v) is 9.15. The van der Waals surface area contributed by atoms with Gasteiger partial charge >= 0.3 is 0 Å². The van der Waals surface area contributed by atoms with Gasteiger partial charge in [0.15, 0.2) is 6.17 Å². The first-order chi connectivity index (χ1) is 15.0. The highest BCUT2D eigenvalue weighted by Gasteiger charge is 2.45. The Morgan fingerprint density at radius 2 is 1.32 bits per heavy atom. The highest BCUT2D eigenvalue weighted by molar-refractivity contribution is 4.94. The lowest BCUT2D eigenvalue weighted by atomic mass is 9.65. The number of rotatable bonds is 10. The van der Waals surface area contributed by atoms with Crippen LogP contribution in [0, 0.1) is 29.6 Å². The highest BCUT2D eigenvalue weighted by atomic mass is 19.2. The monoisotopic (exact) mass is 440 g/mol. The zero-order valence-corrected chi connectivity index (χ0v) is 20.7. The smallest absolute Gasteiger partial charge is 0.157 e. The lowest BCUT2D eigenvalue weighted by Gasteiger charge is -2.43. The highest BCUT2D eigenvalue weighted by Crippen LogP contribution is 2.47. The van der Waals surface area contributed by atoms with E-state index in [9.17, 15) is 4.39 Å². The van der Waals surface area contributed by atoms with E-state index in [0.29, 0.717) is 12.3 Å². The second-order valence-electron chi connectivity index (χ2n) is 11.4. The van der Waals surface area contributed by atoms with Crippen molar-refractivity contribution in [2.45, 2.75) is 148 Å². The molecule has 0 radical (unpaired) electrons. The molecule has 0 N–H and O–H groups in total. The van der Waals surface area contributed by atoms with Gasteiger partial charge in [-0.05, 0) is 94.3 Å². The lowest BCUT2D eigenvalue weighted by Crippen LogP contribution is -2.46. The third-order valence-electron chi connectivity index (χ3n) is 9.15. The second kappa shape index (κ2) is 12.9. The van der Waals surface area contributed by atoms with Crippen molar-refractivity contribution in [2.75, 3.05) is 0 Å². The second-order valence-corrected chi connectivity index (χ2v) is 11.4. The summed E-state index contributed by atoms with van der Waals surface area (Å²) < 4.78 is 36.1. The summed E-state index contributed by atoms with van der Waals surface area (Å²) in [5, 5.41) is 0. The Labute approximate surface area is 191 Å². The molecule has 31 heavy (non-hydrogen) atoms. The van der Waals surface area contributed by atoms with E-state index < -0.39 is 18.4 Å². The van der Waals surface area contributed by atoms with Gasteiger partial charge in [0.25, 0.3) is 0 Å². The van der Waals surface area contributed by atoms with Crippen molar-refractivity contribution in [3.8, 4) is 0 Å². The summed E-state index contributed by atoms with van der Waals surface area (Å²) in [4.78, 5) is 0. The molecule has 182 valence electrons. The van der Waals surface area contributed by atoms with Crippen LogP contribution in [0.5, 0.6) is 0 Å². The van der Waals surface area contributed by atoms with Gasteiger partial charge in [-0.25, -0.2) is 8.78 Å². The maximum Gasteiger partial charge on any atom is 0.157 e. The molecule has 0 aromatic carbocycles. The summed E-state index contributed by atoms with van der Waals surface area (Å²) in [5.74, 6) is 3.04. The fourth-order valence-corrected chi connectivity index (χ4v) is 7.20. The minimum Gasteiger partial charge on any atom is -0.372 e. The fraction of sp³-hybridized carbons (Fsp3) is 1.00. The predicted octanol–water partition coefficient (Wildman–Crippen LogP) is 8.84. The van der Waals surface area contributed by atoms with Crippen LogP contribution in [-0.4, -0.2) is 24.6 Å². The van der Waals surface area contributed by atoms with E-state index >= 15 is 4.39 Å². The predicted molar refractivity (Wildman–Crippen MR) is 127 cm³/mol. The summed E-state index contributed by atoms with van der Waals surface area (Å²) >= 11 is 0. The van der Waals surface area contributed by atoms with Gasteiger partial charge in [0.1, 0.15) is 6.17 Å². The summed E-state index contributed by atoms with van der Waals surface area (Å²) in [5.41, 5.74) is 0.